The molecule has 0 aliphatic rings. The van der Waals surface area contributed by atoms with E-state index in [2.05, 4.69) is 5.32 Å². The molecule has 3 rings (SSSR count). The number of hydrogen-bond donors (Lipinski definition) is 1. The van der Waals surface area contributed by atoms with Crippen molar-refractivity contribution < 1.29 is 18.7 Å². The molecule has 0 spiro atoms. The van der Waals surface area contributed by atoms with E-state index in [0.717, 1.165) is 4.88 Å². The van der Waals surface area contributed by atoms with Crippen molar-refractivity contribution in [2.45, 2.75) is 19.6 Å². The third-order valence-electron chi connectivity index (χ3n) is 3.92. The van der Waals surface area contributed by atoms with Crippen LogP contribution in [0.1, 0.15) is 27.7 Å². The van der Waals surface area contributed by atoms with Gasteiger partial charge in [0.05, 0.1) is 6.54 Å². The molecule has 0 aliphatic heterocycles. The summed E-state index contributed by atoms with van der Waals surface area (Å²) in [4.78, 5) is 25.6. The van der Waals surface area contributed by atoms with Crippen LogP contribution in [0.3, 0.4) is 0 Å². The fraction of sp³-hybridized carbons (Fsp3) is 0.143. The van der Waals surface area contributed by atoms with Crippen molar-refractivity contribution in [3.63, 3.8) is 0 Å². The number of rotatable bonds is 7. The fourth-order valence-corrected chi connectivity index (χ4v) is 3.09. The first-order valence-electron chi connectivity index (χ1n) is 8.40. The molecule has 1 N–H and O–H groups in total. The Hall–Kier alpha value is -2.99. The zero-order valence-electron chi connectivity index (χ0n) is 14.6. The average molecular weight is 383 g/mol. The van der Waals surface area contributed by atoms with E-state index in [0.29, 0.717) is 23.4 Å². The summed E-state index contributed by atoms with van der Waals surface area (Å²) >= 11 is 1.58. The van der Waals surface area contributed by atoms with Gasteiger partial charge in [-0.15, -0.1) is 11.3 Å². The van der Waals surface area contributed by atoms with Crippen LogP contribution in [-0.2, 0) is 11.3 Å². The summed E-state index contributed by atoms with van der Waals surface area (Å²) < 4.78 is 18.6. The smallest absolute Gasteiger partial charge is 0.261 e. The Morgan fingerprint density at radius 1 is 1.04 bits per heavy atom. The lowest BCUT2D eigenvalue weighted by Crippen LogP contribution is -2.35. The van der Waals surface area contributed by atoms with Gasteiger partial charge in [0.15, 0.2) is 11.9 Å². The highest BCUT2D eigenvalue weighted by Crippen LogP contribution is 2.17. The van der Waals surface area contributed by atoms with Crippen molar-refractivity contribution in [3.8, 4) is 5.75 Å². The van der Waals surface area contributed by atoms with Gasteiger partial charge in [0.1, 0.15) is 11.6 Å². The van der Waals surface area contributed by atoms with Crippen molar-refractivity contribution in [2.75, 3.05) is 0 Å². The molecule has 1 atom stereocenters. The van der Waals surface area contributed by atoms with Crippen LogP contribution >= 0.6 is 11.3 Å². The number of ketones is 1. The van der Waals surface area contributed by atoms with E-state index in [1.54, 1.807) is 42.5 Å². The largest absolute Gasteiger partial charge is 0.481 e. The molecule has 0 aliphatic carbocycles. The van der Waals surface area contributed by atoms with E-state index in [9.17, 15) is 14.0 Å². The van der Waals surface area contributed by atoms with Crippen molar-refractivity contribution >= 4 is 23.0 Å². The van der Waals surface area contributed by atoms with Gasteiger partial charge in [0, 0.05) is 16.0 Å². The van der Waals surface area contributed by atoms with Crippen LogP contribution in [0, 0.1) is 5.82 Å². The highest BCUT2D eigenvalue weighted by atomic mass is 32.1. The van der Waals surface area contributed by atoms with Crippen molar-refractivity contribution in [2.24, 2.45) is 0 Å². The molecule has 6 heteroatoms. The molecule has 27 heavy (non-hydrogen) atoms. The van der Waals surface area contributed by atoms with Crippen LogP contribution in [0.15, 0.2) is 66.0 Å². The number of ether oxygens (including phenoxy) is 1. The Labute approximate surface area is 160 Å². The Morgan fingerprint density at radius 2 is 1.67 bits per heavy atom. The number of hydrogen-bond acceptors (Lipinski definition) is 4. The second-order valence-corrected chi connectivity index (χ2v) is 6.95. The molecule has 1 amide bonds. The summed E-state index contributed by atoms with van der Waals surface area (Å²) in [6, 6.07) is 15.8. The van der Waals surface area contributed by atoms with Crippen LogP contribution in [0.2, 0.25) is 0 Å². The van der Waals surface area contributed by atoms with Gasteiger partial charge in [0.25, 0.3) is 5.91 Å². The molecule has 2 aromatic carbocycles. The maximum atomic E-state index is 13.0. The molecule has 0 radical (unpaired) electrons. The first kappa shape index (κ1) is 18.8. The second-order valence-electron chi connectivity index (χ2n) is 5.92. The minimum absolute atomic E-state index is 0.205. The standard InChI is InChI=1S/C21H18FNO3S/c1-14(21(25)23-13-19-3-2-12-27-19)26-18-10-6-16(7-11-18)20(24)15-4-8-17(22)9-5-15/h2-12,14H,13H2,1H3,(H,23,25). The molecule has 0 saturated heterocycles. The number of amides is 1. The van der Waals surface area contributed by atoms with Crippen molar-refractivity contribution in [3.05, 3.63) is 87.9 Å². The third kappa shape index (κ3) is 5.01. The Bertz CT molecular complexity index is 906. The van der Waals surface area contributed by atoms with Crippen molar-refractivity contribution in [1.29, 1.82) is 0 Å². The van der Waals surface area contributed by atoms with Gasteiger partial charge in [0.2, 0.25) is 0 Å². The maximum absolute atomic E-state index is 13.0. The van der Waals surface area contributed by atoms with Gasteiger partial charge in [-0.05, 0) is 66.9 Å². The molecular weight excluding hydrogens is 365 g/mol. The number of benzene rings is 2. The van der Waals surface area contributed by atoms with E-state index >= 15 is 0 Å². The fourth-order valence-electron chi connectivity index (χ4n) is 2.44. The quantitative estimate of drug-likeness (QED) is 0.622. The summed E-state index contributed by atoms with van der Waals surface area (Å²) in [5.74, 6) is -0.316. The predicted molar refractivity (Wildman–Crippen MR) is 103 cm³/mol. The van der Waals surface area contributed by atoms with E-state index in [-0.39, 0.29) is 17.5 Å². The Morgan fingerprint density at radius 3 is 2.26 bits per heavy atom. The molecule has 0 saturated carbocycles. The number of halogens is 1. The highest BCUT2D eigenvalue weighted by molar-refractivity contribution is 7.09. The average Bonchev–Trinajstić information content (AvgIpc) is 3.20. The molecule has 0 fully saturated rings. The summed E-state index contributed by atoms with van der Waals surface area (Å²) in [6.07, 6.45) is -0.663. The first-order valence-corrected chi connectivity index (χ1v) is 9.28. The Balaban J connectivity index is 1.57. The van der Waals surface area contributed by atoms with Gasteiger partial charge in [-0.1, -0.05) is 6.07 Å². The van der Waals surface area contributed by atoms with Gasteiger partial charge in [-0.25, -0.2) is 4.39 Å². The summed E-state index contributed by atoms with van der Waals surface area (Å²) in [5, 5.41) is 4.78. The molecular formula is C21H18FNO3S. The van der Waals surface area contributed by atoms with E-state index in [1.165, 1.54) is 24.3 Å². The van der Waals surface area contributed by atoms with Crippen LogP contribution in [0.4, 0.5) is 4.39 Å². The minimum Gasteiger partial charge on any atom is -0.481 e. The summed E-state index contributed by atoms with van der Waals surface area (Å²) in [6.45, 7) is 2.14. The zero-order valence-corrected chi connectivity index (χ0v) is 15.5. The first-order chi connectivity index (χ1) is 13.0. The van der Waals surface area contributed by atoms with E-state index in [1.807, 2.05) is 17.5 Å². The van der Waals surface area contributed by atoms with Crippen LogP contribution in [0.5, 0.6) is 5.75 Å². The van der Waals surface area contributed by atoms with Gasteiger partial charge >= 0.3 is 0 Å². The molecule has 4 nitrogen and oxygen atoms in total. The number of carbonyl (C=O) groups is 2. The van der Waals surface area contributed by atoms with Crippen LogP contribution < -0.4 is 10.1 Å². The van der Waals surface area contributed by atoms with Gasteiger partial charge in [-0.2, -0.15) is 0 Å². The number of nitrogens with one attached hydrogen (secondary N) is 1. The number of carbonyl (C=O) groups excluding carboxylic acids is 2. The SMILES string of the molecule is CC(Oc1ccc(C(=O)c2ccc(F)cc2)cc1)C(=O)NCc1cccs1. The van der Waals surface area contributed by atoms with E-state index < -0.39 is 6.10 Å². The van der Waals surface area contributed by atoms with Crippen LogP contribution in [-0.4, -0.2) is 17.8 Å². The predicted octanol–water partition coefficient (Wildman–Crippen LogP) is 4.20. The number of thiophene rings is 1. The molecule has 0 bridgehead atoms. The minimum atomic E-state index is -0.663. The molecule has 1 aromatic heterocycles. The Kier molecular flexibility index (Phi) is 5.98. The lowest BCUT2D eigenvalue weighted by atomic mass is 10.0. The van der Waals surface area contributed by atoms with Crippen molar-refractivity contribution in [1.82, 2.24) is 5.32 Å². The molecule has 1 unspecified atom stereocenters. The van der Waals surface area contributed by atoms with Gasteiger partial charge < -0.3 is 10.1 Å². The lowest BCUT2D eigenvalue weighted by Gasteiger charge is -2.14. The zero-order chi connectivity index (χ0) is 19.2. The highest BCUT2D eigenvalue weighted by Gasteiger charge is 2.15. The lowest BCUT2D eigenvalue weighted by molar-refractivity contribution is -0.127. The topological polar surface area (TPSA) is 55.4 Å². The normalized spacial score (nSPS) is 11.6. The molecule has 138 valence electrons. The molecule has 3 aromatic rings. The van der Waals surface area contributed by atoms with Crippen LogP contribution in [0.25, 0.3) is 0 Å². The second kappa shape index (κ2) is 8.60. The third-order valence-corrected chi connectivity index (χ3v) is 4.80. The summed E-state index contributed by atoms with van der Waals surface area (Å²) in [7, 11) is 0. The maximum Gasteiger partial charge on any atom is 0.261 e. The summed E-state index contributed by atoms with van der Waals surface area (Å²) in [5.41, 5.74) is 0.871. The monoisotopic (exact) mass is 383 g/mol. The molecule has 1 heterocycles. The van der Waals surface area contributed by atoms with E-state index in [4.69, 9.17) is 4.74 Å². The van der Waals surface area contributed by atoms with Gasteiger partial charge in [-0.3, -0.25) is 9.59 Å².